The van der Waals surface area contributed by atoms with Crippen molar-refractivity contribution in [2.45, 2.75) is 6.92 Å². The summed E-state index contributed by atoms with van der Waals surface area (Å²) < 4.78 is 5.15. The maximum Gasteiger partial charge on any atom is 0.345 e. The number of nitrogens with one attached hydrogen (secondary N) is 1. The lowest BCUT2D eigenvalue weighted by molar-refractivity contribution is 0.0690. The molecule has 0 aliphatic heterocycles. The van der Waals surface area contributed by atoms with E-state index in [9.17, 15) is 9.59 Å². The molecule has 0 amide bonds. The van der Waals surface area contributed by atoms with E-state index in [4.69, 9.17) is 9.84 Å². The Morgan fingerprint density at radius 1 is 1.41 bits per heavy atom. The van der Waals surface area contributed by atoms with Crippen LogP contribution in [0.4, 0.5) is 0 Å². The number of carboxylic acid groups (broad SMARTS) is 1. The molecule has 2 N–H and O–H groups in total. The van der Waals surface area contributed by atoms with Crippen molar-refractivity contribution in [1.29, 1.82) is 0 Å². The number of aromatic nitrogens is 1. The number of carboxylic acids is 1. The van der Waals surface area contributed by atoms with Crippen LogP contribution in [-0.4, -0.2) is 22.7 Å². The molecule has 0 bridgehead atoms. The second-order valence-corrected chi connectivity index (χ2v) is 3.44. The SMILES string of the molecule is CCOc1[nH]c2ccccc2c(=O)c1C(=O)O. The summed E-state index contributed by atoms with van der Waals surface area (Å²) in [6.07, 6.45) is 0. The van der Waals surface area contributed by atoms with Gasteiger partial charge in [0.15, 0.2) is 5.56 Å². The minimum atomic E-state index is -1.29. The van der Waals surface area contributed by atoms with Crippen LogP contribution in [0.15, 0.2) is 29.1 Å². The lowest BCUT2D eigenvalue weighted by Crippen LogP contribution is -2.18. The van der Waals surface area contributed by atoms with Gasteiger partial charge in [0.1, 0.15) is 0 Å². The fourth-order valence-corrected chi connectivity index (χ4v) is 1.66. The number of fused-ring (bicyclic) bond motifs is 1. The summed E-state index contributed by atoms with van der Waals surface area (Å²) in [6.45, 7) is 2.01. The van der Waals surface area contributed by atoms with Crippen molar-refractivity contribution in [3.05, 3.63) is 40.1 Å². The molecule has 5 heteroatoms. The molecule has 0 unspecified atom stereocenters. The first-order valence-electron chi connectivity index (χ1n) is 5.16. The number of H-pyrrole nitrogens is 1. The summed E-state index contributed by atoms with van der Waals surface area (Å²) in [7, 11) is 0. The minimum absolute atomic E-state index is 0.00343. The maximum absolute atomic E-state index is 12.0. The van der Waals surface area contributed by atoms with Crippen LogP contribution >= 0.6 is 0 Å². The van der Waals surface area contributed by atoms with Crippen molar-refractivity contribution in [3.8, 4) is 5.88 Å². The average Bonchev–Trinajstić information content (AvgIpc) is 2.29. The quantitative estimate of drug-likeness (QED) is 0.844. The van der Waals surface area contributed by atoms with Gasteiger partial charge in [-0.2, -0.15) is 0 Å². The molecular formula is C12H11NO4. The summed E-state index contributed by atoms with van der Waals surface area (Å²) in [5, 5.41) is 9.37. The summed E-state index contributed by atoms with van der Waals surface area (Å²) in [5.74, 6) is -1.29. The lowest BCUT2D eigenvalue weighted by atomic mass is 10.1. The van der Waals surface area contributed by atoms with Gasteiger partial charge in [0.05, 0.1) is 12.1 Å². The molecule has 0 fully saturated rings. The highest BCUT2D eigenvalue weighted by Crippen LogP contribution is 2.17. The molecule has 0 aliphatic rings. The monoisotopic (exact) mass is 233 g/mol. The van der Waals surface area contributed by atoms with Crippen LogP contribution in [0, 0.1) is 0 Å². The molecule has 1 aromatic carbocycles. The van der Waals surface area contributed by atoms with Gasteiger partial charge in [-0.25, -0.2) is 4.79 Å². The van der Waals surface area contributed by atoms with E-state index in [1.54, 1.807) is 31.2 Å². The van der Waals surface area contributed by atoms with Gasteiger partial charge < -0.3 is 14.8 Å². The predicted octanol–water partition coefficient (Wildman–Crippen LogP) is 1.62. The van der Waals surface area contributed by atoms with Gasteiger partial charge in [0, 0.05) is 5.39 Å². The molecule has 5 nitrogen and oxygen atoms in total. The van der Waals surface area contributed by atoms with Gasteiger partial charge in [0.25, 0.3) is 0 Å². The number of aromatic carboxylic acids is 1. The van der Waals surface area contributed by atoms with Crippen LogP contribution in [0.1, 0.15) is 17.3 Å². The van der Waals surface area contributed by atoms with E-state index < -0.39 is 11.4 Å². The predicted molar refractivity (Wildman–Crippen MR) is 62.7 cm³/mol. The van der Waals surface area contributed by atoms with E-state index in [2.05, 4.69) is 4.98 Å². The van der Waals surface area contributed by atoms with Gasteiger partial charge in [-0.3, -0.25) is 4.79 Å². The number of pyridine rings is 1. The highest BCUT2D eigenvalue weighted by molar-refractivity contribution is 5.95. The minimum Gasteiger partial charge on any atom is -0.479 e. The number of carbonyl (C=O) groups is 1. The summed E-state index contributed by atoms with van der Waals surface area (Å²) >= 11 is 0. The van der Waals surface area contributed by atoms with Gasteiger partial charge >= 0.3 is 5.97 Å². The van der Waals surface area contributed by atoms with Crippen LogP contribution in [0.25, 0.3) is 10.9 Å². The zero-order chi connectivity index (χ0) is 12.4. The van der Waals surface area contributed by atoms with Crippen LogP contribution in [0.2, 0.25) is 0 Å². The number of ether oxygens (including phenoxy) is 1. The van der Waals surface area contributed by atoms with Crippen molar-refractivity contribution in [2.75, 3.05) is 6.61 Å². The zero-order valence-corrected chi connectivity index (χ0v) is 9.19. The van der Waals surface area contributed by atoms with Crippen molar-refractivity contribution in [2.24, 2.45) is 0 Å². The lowest BCUT2D eigenvalue weighted by Gasteiger charge is -2.08. The van der Waals surface area contributed by atoms with E-state index in [1.807, 2.05) is 0 Å². The number of hydrogen-bond donors (Lipinski definition) is 2. The molecule has 0 saturated carbocycles. The highest BCUT2D eigenvalue weighted by Gasteiger charge is 2.18. The number of rotatable bonds is 3. The van der Waals surface area contributed by atoms with Gasteiger partial charge in [0.2, 0.25) is 11.3 Å². The van der Waals surface area contributed by atoms with Crippen LogP contribution in [-0.2, 0) is 0 Å². The number of benzene rings is 1. The van der Waals surface area contributed by atoms with Crippen LogP contribution in [0.3, 0.4) is 0 Å². The first-order chi connectivity index (χ1) is 8.15. The molecule has 2 aromatic rings. The molecule has 0 atom stereocenters. The molecule has 17 heavy (non-hydrogen) atoms. The van der Waals surface area contributed by atoms with Crippen molar-refractivity contribution in [3.63, 3.8) is 0 Å². The Labute approximate surface area is 96.7 Å². The topological polar surface area (TPSA) is 79.4 Å². The summed E-state index contributed by atoms with van der Waals surface area (Å²) in [5.41, 5.74) is -0.327. The number of aromatic amines is 1. The molecule has 1 heterocycles. The Kier molecular flexibility index (Phi) is 2.82. The first kappa shape index (κ1) is 11.2. The number of para-hydroxylation sites is 1. The molecule has 0 spiro atoms. The third-order valence-corrected chi connectivity index (χ3v) is 2.38. The first-order valence-corrected chi connectivity index (χ1v) is 5.16. The Morgan fingerprint density at radius 3 is 2.76 bits per heavy atom. The maximum atomic E-state index is 12.0. The largest absolute Gasteiger partial charge is 0.479 e. The molecule has 88 valence electrons. The third kappa shape index (κ3) is 1.87. The molecular weight excluding hydrogens is 222 g/mol. The smallest absolute Gasteiger partial charge is 0.345 e. The normalized spacial score (nSPS) is 10.4. The van der Waals surface area contributed by atoms with Crippen LogP contribution in [0.5, 0.6) is 5.88 Å². The highest BCUT2D eigenvalue weighted by atomic mass is 16.5. The standard InChI is InChI=1S/C12H11NO4/c1-2-17-11-9(12(15)16)10(14)7-5-3-4-6-8(7)13-11/h3-6H,2H2,1H3,(H,13,14)(H,15,16). The van der Waals surface area contributed by atoms with Crippen molar-refractivity contribution in [1.82, 2.24) is 4.98 Å². The molecule has 0 radical (unpaired) electrons. The zero-order valence-electron chi connectivity index (χ0n) is 9.19. The van der Waals surface area contributed by atoms with Gasteiger partial charge in [-0.05, 0) is 19.1 Å². The van der Waals surface area contributed by atoms with Crippen LogP contribution < -0.4 is 10.2 Å². The van der Waals surface area contributed by atoms with E-state index >= 15 is 0 Å². The van der Waals surface area contributed by atoms with E-state index in [-0.39, 0.29) is 18.1 Å². The van der Waals surface area contributed by atoms with E-state index in [1.165, 1.54) is 0 Å². The number of hydrogen-bond acceptors (Lipinski definition) is 3. The second-order valence-electron chi connectivity index (χ2n) is 3.44. The fourth-order valence-electron chi connectivity index (χ4n) is 1.66. The molecule has 0 aliphatic carbocycles. The Balaban J connectivity index is 2.84. The van der Waals surface area contributed by atoms with E-state index in [0.717, 1.165) is 0 Å². The van der Waals surface area contributed by atoms with E-state index in [0.29, 0.717) is 10.9 Å². The van der Waals surface area contributed by atoms with Crippen molar-refractivity contribution < 1.29 is 14.6 Å². The van der Waals surface area contributed by atoms with Crippen molar-refractivity contribution >= 4 is 16.9 Å². The Bertz CT molecular complexity index is 630. The third-order valence-electron chi connectivity index (χ3n) is 2.38. The second kappa shape index (κ2) is 4.29. The average molecular weight is 233 g/mol. The fraction of sp³-hybridized carbons (Fsp3) is 0.167. The summed E-state index contributed by atoms with van der Waals surface area (Å²) in [4.78, 5) is 25.9. The van der Waals surface area contributed by atoms with Gasteiger partial charge in [-0.1, -0.05) is 12.1 Å². The molecule has 2 rings (SSSR count). The molecule has 0 saturated heterocycles. The Hall–Kier alpha value is -2.30. The molecule has 1 aromatic heterocycles. The summed E-state index contributed by atoms with van der Waals surface area (Å²) in [6, 6.07) is 6.72. The van der Waals surface area contributed by atoms with Gasteiger partial charge in [-0.15, -0.1) is 0 Å². The Morgan fingerprint density at radius 2 is 2.12 bits per heavy atom.